The highest BCUT2D eigenvalue weighted by Gasteiger charge is 2.19. The minimum atomic E-state index is -0.792. The average Bonchev–Trinajstić information content (AvgIpc) is 3.40. The Morgan fingerprint density at radius 3 is 0.838 bits per heavy atom. The Bertz CT molecular complexity index is 1510. The number of carbonyl (C=O) groups excluding carboxylic acids is 3. The molecule has 0 saturated heterocycles. The molecule has 0 rings (SSSR count). The normalized spacial score (nSPS) is 12.9. The van der Waals surface area contributed by atoms with Gasteiger partial charge in [0.05, 0.1) is 0 Å². The number of hydrogen-bond acceptors (Lipinski definition) is 6. The van der Waals surface area contributed by atoms with E-state index in [4.69, 9.17) is 14.2 Å². The van der Waals surface area contributed by atoms with Gasteiger partial charge in [-0.15, -0.1) is 0 Å². The van der Waals surface area contributed by atoms with Gasteiger partial charge in [0.2, 0.25) is 0 Å². The molecule has 6 nitrogen and oxygen atoms in total. The third-order valence-electron chi connectivity index (χ3n) is 13.0. The van der Waals surface area contributed by atoms with Gasteiger partial charge in [-0.1, -0.05) is 252 Å². The molecule has 0 aliphatic rings. The van der Waals surface area contributed by atoms with Crippen LogP contribution in [-0.4, -0.2) is 37.2 Å². The first-order valence-electron chi connectivity index (χ1n) is 30.9. The van der Waals surface area contributed by atoms with Crippen molar-refractivity contribution in [2.45, 2.75) is 290 Å². The molecule has 0 aliphatic carbocycles. The van der Waals surface area contributed by atoms with Crippen molar-refractivity contribution in [3.05, 3.63) is 109 Å². The smallest absolute Gasteiger partial charge is 0.306 e. The summed E-state index contributed by atoms with van der Waals surface area (Å²) in [6, 6.07) is 0. The minimum Gasteiger partial charge on any atom is -0.462 e. The SMILES string of the molecule is CC/C=C\C/C=C\C/C=C\C/C=C\CCCCCCCCCCCCCCC(=O)OCC(COC(=O)CCCCCCC/C=C\CCCCC)OC(=O)CCCCCCCC/C=C\C/C=C\C/C=C\C/C=C\CC. The summed E-state index contributed by atoms with van der Waals surface area (Å²) in [5, 5.41) is 0. The summed E-state index contributed by atoms with van der Waals surface area (Å²) in [5.74, 6) is -0.908. The van der Waals surface area contributed by atoms with Crippen molar-refractivity contribution in [2.24, 2.45) is 0 Å². The van der Waals surface area contributed by atoms with Crippen LogP contribution in [-0.2, 0) is 28.6 Å². The first-order chi connectivity index (χ1) is 36.5. The molecule has 0 heterocycles. The largest absolute Gasteiger partial charge is 0.462 e. The van der Waals surface area contributed by atoms with Crippen LogP contribution >= 0.6 is 0 Å². The minimum absolute atomic E-state index is 0.0878. The highest BCUT2D eigenvalue weighted by atomic mass is 16.6. The Kier molecular flexibility index (Phi) is 58.3. The summed E-state index contributed by atoms with van der Waals surface area (Å²) >= 11 is 0. The second-order valence-corrected chi connectivity index (χ2v) is 20.2. The van der Waals surface area contributed by atoms with Crippen molar-refractivity contribution in [1.29, 1.82) is 0 Å². The fourth-order valence-corrected chi connectivity index (χ4v) is 8.42. The van der Waals surface area contributed by atoms with Gasteiger partial charge in [0.25, 0.3) is 0 Å². The second-order valence-electron chi connectivity index (χ2n) is 20.2. The van der Waals surface area contributed by atoms with Gasteiger partial charge in [0.15, 0.2) is 6.10 Å². The fraction of sp³-hybridized carbons (Fsp3) is 0.691. The Morgan fingerprint density at radius 2 is 0.527 bits per heavy atom. The predicted molar refractivity (Wildman–Crippen MR) is 320 cm³/mol. The van der Waals surface area contributed by atoms with Crippen LogP contribution in [0.15, 0.2) is 109 Å². The third-order valence-corrected chi connectivity index (χ3v) is 13.0. The molecule has 0 N–H and O–H groups in total. The van der Waals surface area contributed by atoms with Crippen molar-refractivity contribution in [1.82, 2.24) is 0 Å². The summed E-state index contributed by atoms with van der Waals surface area (Å²) < 4.78 is 16.9. The molecule has 0 saturated carbocycles. The molecule has 6 heteroatoms. The quantitative estimate of drug-likeness (QED) is 0.0261. The van der Waals surface area contributed by atoms with Crippen molar-refractivity contribution in [3.8, 4) is 0 Å². The first-order valence-corrected chi connectivity index (χ1v) is 30.9. The fourth-order valence-electron chi connectivity index (χ4n) is 8.42. The molecule has 422 valence electrons. The van der Waals surface area contributed by atoms with E-state index >= 15 is 0 Å². The number of carbonyl (C=O) groups is 3. The van der Waals surface area contributed by atoms with Gasteiger partial charge in [0, 0.05) is 19.3 Å². The lowest BCUT2D eigenvalue weighted by Gasteiger charge is -2.18. The van der Waals surface area contributed by atoms with Gasteiger partial charge < -0.3 is 14.2 Å². The topological polar surface area (TPSA) is 78.9 Å². The number of hydrogen-bond donors (Lipinski definition) is 0. The van der Waals surface area contributed by atoms with Crippen LogP contribution in [0.25, 0.3) is 0 Å². The molecule has 0 amide bonds. The lowest BCUT2D eigenvalue weighted by Crippen LogP contribution is -2.30. The maximum atomic E-state index is 12.9. The standard InChI is InChI=1S/C68H114O6/c1-4-7-10-13-16-19-22-25-27-29-31-32-33-34-35-36-38-39-41-43-46-49-52-55-58-61-67(70)73-64-65(63-72-66(69)60-57-54-51-48-45-24-21-18-15-12-9-6-3)74-68(71)62-59-56-53-50-47-44-42-40-37-30-28-26-23-20-17-14-11-8-5-2/h7-8,10-11,16-21,25-28,31-32,37,40,65H,4-6,9,12-15,22-24,29-30,33-36,38-39,41-64H2,1-3H3/b10-7-,11-8-,19-16-,20-17-,21-18-,27-25-,28-26-,32-31-,40-37-. The van der Waals surface area contributed by atoms with Gasteiger partial charge in [-0.25, -0.2) is 0 Å². The summed E-state index contributed by atoms with van der Waals surface area (Å²) in [4.78, 5) is 38.2. The second kappa shape index (κ2) is 61.6. The number of allylic oxidation sites excluding steroid dienone is 18. The summed E-state index contributed by atoms with van der Waals surface area (Å²) in [7, 11) is 0. The zero-order valence-corrected chi connectivity index (χ0v) is 48.3. The Balaban J connectivity index is 4.33. The molecular weight excluding hydrogens is 913 g/mol. The lowest BCUT2D eigenvalue weighted by atomic mass is 10.0. The van der Waals surface area contributed by atoms with Gasteiger partial charge in [-0.2, -0.15) is 0 Å². The van der Waals surface area contributed by atoms with E-state index in [-0.39, 0.29) is 31.1 Å². The Hall–Kier alpha value is -3.93. The Labute approximate surface area is 457 Å². The molecule has 0 aliphatic heterocycles. The van der Waals surface area contributed by atoms with Gasteiger partial charge in [-0.05, 0) is 122 Å². The average molecular weight is 1030 g/mol. The van der Waals surface area contributed by atoms with Crippen molar-refractivity contribution < 1.29 is 28.6 Å². The maximum Gasteiger partial charge on any atom is 0.306 e. The van der Waals surface area contributed by atoms with E-state index in [1.165, 1.54) is 116 Å². The highest BCUT2D eigenvalue weighted by molar-refractivity contribution is 5.71. The van der Waals surface area contributed by atoms with Gasteiger partial charge in [0.1, 0.15) is 13.2 Å². The molecule has 0 bridgehead atoms. The number of ether oxygens (including phenoxy) is 3. The van der Waals surface area contributed by atoms with Crippen molar-refractivity contribution in [2.75, 3.05) is 13.2 Å². The van der Waals surface area contributed by atoms with E-state index in [0.717, 1.165) is 128 Å². The van der Waals surface area contributed by atoms with E-state index in [1.807, 2.05) is 0 Å². The maximum absolute atomic E-state index is 12.9. The van der Waals surface area contributed by atoms with E-state index in [0.29, 0.717) is 19.3 Å². The number of rotatable bonds is 55. The zero-order chi connectivity index (χ0) is 53.6. The molecule has 0 fully saturated rings. The molecule has 0 spiro atoms. The van der Waals surface area contributed by atoms with Gasteiger partial charge >= 0.3 is 17.9 Å². The molecule has 0 aromatic rings. The predicted octanol–water partition coefficient (Wildman–Crippen LogP) is 21.0. The van der Waals surface area contributed by atoms with Crippen molar-refractivity contribution >= 4 is 17.9 Å². The summed E-state index contributed by atoms with van der Waals surface area (Å²) in [6.45, 7) is 6.38. The van der Waals surface area contributed by atoms with Crippen LogP contribution in [0.4, 0.5) is 0 Å². The van der Waals surface area contributed by atoms with E-state index in [9.17, 15) is 14.4 Å². The van der Waals surface area contributed by atoms with Crippen LogP contribution < -0.4 is 0 Å². The molecule has 1 atom stereocenters. The lowest BCUT2D eigenvalue weighted by molar-refractivity contribution is -0.167. The highest BCUT2D eigenvalue weighted by Crippen LogP contribution is 2.16. The molecule has 1 unspecified atom stereocenters. The molecule has 74 heavy (non-hydrogen) atoms. The van der Waals surface area contributed by atoms with Crippen LogP contribution in [0.2, 0.25) is 0 Å². The summed E-state index contributed by atoms with van der Waals surface area (Å²) in [5.41, 5.74) is 0. The van der Waals surface area contributed by atoms with E-state index < -0.39 is 6.10 Å². The number of esters is 3. The first kappa shape index (κ1) is 70.1. The van der Waals surface area contributed by atoms with Crippen molar-refractivity contribution in [3.63, 3.8) is 0 Å². The Morgan fingerprint density at radius 1 is 0.284 bits per heavy atom. The summed E-state index contributed by atoms with van der Waals surface area (Å²) in [6.07, 6.45) is 83.7. The van der Waals surface area contributed by atoms with Gasteiger partial charge in [-0.3, -0.25) is 14.4 Å². The van der Waals surface area contributed by atoms with Crippen LogP contribution in [0.5, 0.6) is 0 Å². The molecule has 0 aromatic carbocycles. The van der Waals surface area contributed by atoms with E-state index in [2.05, 4.69) is 130 Å². The zero-order valence-electron chi connectivity index (χ0n) is 48.3. The van der Waals surface area contributed by atoms with Crippen LogP contribution in [0.1, 0.15) is 284 Å². The third kappa shape index (κ3) is 59.0. The van der Waals surface area contributed by atoms with E-state index in [1.54, 1.807) is 0 Å². The molecule has 0 aromatic heterocycles. The molecular formula is C68H114O6. The monoisotopic (exact) mass is 1030 g/mol. The van der Waals surface area contributed by atoms with Crippen LogP contribution in [0, 0.1) is 0 Å². The van der Waals surface area contributed by atoms with Crippen LogP contribution in [0.3, 0.4) is 0 Å². The number of unbranched alkanes of at least 4 members (excludes halogenated alkanes) is 26. The molecule has 0 radical (unpaired) electrons.